The Kier molecular flexibility index (Phi) is 3.42. The number of Topliss-reactive ketones (excluding diaryl/α,β-unsaturated/α-hetero) is 1. The maximum Gasteiger partial charge on any atom is 0.162 e. The van der Waals surface area contributed by atoms with E-state index in [1.807, 2.05) is 0 Å². The summed E-state index contributed by atoms with van der Waals surface area (Å²) in [6, 6.07) is 0. The van der Waals surface area contributed by atoms with Crippen molar-refractivity contribution < 1.29 is 4.79 Å². The number of hydrogen-bond donors (Lipinski definition) is 0. The van der Waals surface area contributed by atoms with Crippen LogP contribution >= 0.6 is 0 Å². The number of allylic oxidation sites excluding steroid dienone is 6. The van der Waals surface area contributed by atoms with Gasteiger partial charge >= 0.3 is 0 Å². The number of rotatable bonds is 3. The molecule has 0 heterocycles. The van der Waals surface area contributed by atoms with Crippen LogP contribution in [-0.4, -0.2) is 5.78 Å². The van der Waals surface area contributed by atoms with Crippen LogP contribution in [0.2, 0.25) is 0 Å². The molecule has 0 aliphatic heterocycles. The lowest BCUT2D eigenvalue weighted by Gasteiger charge is -2.19. The van der Waals surface area contributed by atoms with Gasteiger partial charge in [-0.1, -0.05) is 29.9 Å². The summed E-state index contributed by atoms with van der Waals surface area (Å²) < 4.78 is 0. The van der Waals surface area contributed by atoms with E-state index in [-0.39, 0.29) is 5.92 Å². The van der Waals surface area contributed by atoms with Gasteiger partial charge in [-0.3, -0.25) is 4.79 Å². The van der Waals surface area contributed by atoms with Gasteiger partial charge in [-0.2, -0.15) is 0 Å². The minimum absolute atomic E-state index is 0.181. The average Bonchev–Trinajstić information content (AvgIpc) is 2.97. The lowest BCUT2D eigenvalue weighted by Crippen LogP contribution is -2.21. The minimum atomic E-state index is 0.181. The molecule has 2 aliphatic carbocycles. The van der Waals surface area contributed by atoms with Crippen molar-refractivity contribution >= 4 is 5.78 Å². The van der Waals surface area contributed by atoms with Crippen molar-refractivity contribution in [3.05, 3.63) is 35.5 Å². The molecule has 0 saturated carbocycles. The first-order chi connectivity index (χ1) is 7.74. The van der Waals surface area contributed by atoms with E-state index in [0.717, 1.165) is 31.3 Å². The standard InChI is InChI=1S/C15H20O/c1-3-11(2)13-9-6-10-14(13)15(16)12-7-4-5-8-12/h3,6-7,9,13-14H,4-5,8,10H2,1-2H3/b11-3-/t13-,14-/m1/s1. The molecular weight excluding hydrogens is 196 g/mol. The molecule has 2 aliphatic rings. The molecule has 0 aromatic carbocycles. The van der Waals surface area contributed by atoms with Crippen molar-refractivity contribution in [1.82, 2.24) is 0 Å². The Morgan fingerprint density at radius 2 is 2.31 bits per heavy atom. The molecular formula is C15H20O. The number of hydrogen-bond acceptors (Lipinski definition) is 1. The van der Waals surface area contributed by atoms with Crippen molar-refractivity contribution in [3.8, 4) is 0 Å². The topological polar surface area (TPSA) is 17.1 Å². The number of carbonyl (C=O) groups excluding carboxylic acids is 1. The smallest absolute Gasteiger partial charge is 0.162 e. The van der Waals surface area contributed by atoms with Crippen molar-refractivity contribution in [2.45, 2.75) is 39.5 Å². The third kappa shape index (κ3) is 2.04. The Morgan fingerprint density at radius 1 is 1.50 bits per heavy atom. The zero-order valence-electron chi connectivity index (χ0n) is 10.2. The first-order valence-electron chi connectivity index (χ1n) is 6.26. The molecule has 1 heteroatoms. The Morgan fingerprint density at radius 3 is 2.94 bits per heavy atom. The van der Waals surface area contributed by atoms with Gasteiger partial charge in [-0.15, -0.1) is 0 Å². The molecule has 0 bridgehead atoms. The fraction of sp³-hybridized carbons (Fsp3) is 0.533. The summed E-state index contributed by atoms with van der Waals surface area (Å²) in [7, 11) is 0. The predicted octanol–water partition coefficient (Wildman–Crippen LogP) is 3.82. The molecule has 2 rings (SSSR count). The predicted molar refractivity (Wildman–Crippen MR) is 67.1 cm³/mol. The van der Waals surface area contributed by atoms with Crippen LogP contribution < -0.4 is 0 Å². The van der Waals surface area contributed by atoms with E-state index in [2.05, 4.69) is 38.2 Å². The van der Waals surface area contributed by atoms with Crippen LogP contribution in [0.3, 0.4) is 0 Å². The van der Waals surface area contributed by atoms with E-state index >= 15 is 0 Å². The monoisotopic (exact) mass is 216 g/mol. The van der Waals surface area contributed by atoms with E-state index < -0.39 is 0 Å². The zero-order chi connectivity index (χ0) is 11.5. The van der Waals surface area contributed by atoms with Crippen LogP contribution in [-0.2, 0) is 4.79 Å². The Hall–Kier alpha value is -1.11. The van der Waals surface area contributed by atoms with Gasteiger partial charge < -0.3 is 0 Å². The molecule has 2 atom stereocenters. The quantitative estimate of drug-likeness (QED) is 0.655. The SMILES string of the molecule is C/C=C(/C)[C@H]1C=CC[C@H]1C(=O)C1=CCCC1. The second-order valence-corrected chi connectivity index (χ2v) is 4.81. The Labute approximate surface area is 97.9 Å². The summed E-state index contributed by atoms with van der Waals surface area (Å²) >= 11 is 0. The van der Waals surface area contributed by atoms with E-state index in [9.17, 15) is 4.79 Å². The molecule has 0 unspecified atom stereocenters. The van der Waals surface area contributed by atoms with Crippen LogP contribution in [0.15, 0.2) is 35.5 Å². The van der Waals surface area contributed by atoms with Crippen LogP contribution in [0.4, 0.5) is 0 Å². The summed E-state index contributed by atoms with van der Waals surface area (Å²) in [6.45, 7) is 4.18. The van der Waals surface area contributed by atoms with E-state index in [4.69, 9.17) is 0 Å². The first kappa shape index (κ1) is 11.4. The van der Waals surface area contributed by atoms with Crippen molar-refractivity contribution in [1.29, 1.82) is 0 Å². The summed E-state index contributed by atoms with van der Waals surface area (Å²) in [4.78, 5) is 12.3. The molecule has 0 aromatic rings. The first-order valence-corrected chi connectivity index (χ1v) is 6.26. The van der Waals surface area contributed by atoms with E-state index in [0.29, 0.717) is 11.7 Å². The molecule has 0 fully saturated rings. The van der Waals surface area contributed by atoms with Crippen molar-refractivity contribution in [2.24, 2.45) is 11.8 Å². The molecule has 16 heavy (non-hydrogen) atoms. The molecule has 0 amide bonds. The summed E-state index contributed by atoms with van der Waals surface area (Å²) in [5.41, 5.74) is 2.41. The van der Waals surface area contributed by atoms with Crippen LogP contribution in [0.1, 0.15) is 39.5 Å². The summed E-state index contributed by atoms with van der Waals surface area (Å²) in [5.74, 6) is 0.924. The molecule has 0 aromatic heterocycles. The molecule has 0 radical (unpaired) electrons. The van der Waals surface area contributed by atoms with Crippen molar-refractivity contribution in [3.63, 3.8) is 0 Å². The molecule has 1 nitrogen and oxygen atoms in total. The Balaban J connectivity index is 2.12. The van der Waals surface area contributed by atoms with Crippen LogP contribution in [0, 0.1) is 11.8 Å². The fourth-order valence-electron chi connectivity index (χ4n) is 2.72. The van der Waals surface area contributed by atoms with Gasteiger partial charge in [0.15, 0.2) is 5.78 Å². The highest BCUT2D eigenvalue weighted by Crippen LogP contribution is 2.35. The van der Waals surface area contributed by atoms with Gasteiger partial charge in [0.05, 0.1) is 0 Å². The highest BCUT2D eigenvalue weighted by atomic mass is 16.1. The average molecular weight is 216 g/mol. The zero-order valence-corrected chi connectivity index (χ0v) is 10.2. The second kappa shape index (κ2) is 4.82. The summed E-state index contributed by atoms with van der Waals surface area (Å²) in [6.07, 6.45) is 12.8. The number of carbonyl (C=O) groups is 1. The third-order valence-electron chi connectivity index (χ3n) is 3.84. The lowest BCUT2D eigenvalue weighted by molar-refractivity contribution is -0.119. The van der Waals surface area contributed by atoms with Crippen LogP contribution in [0.5, 0.6) is 0 Å². The third-order valence-corrected chi connectivity index (χ3v) is 3.84. The Bertz CT molecular complexity index is 371. The van der Waals surface area contributed by atoms with Gasteiger partial charge in [0.25, 0.3) is 0 Å². The highest BCUT2D eigenvalue weighted by Gasteiger charge is 2.32. The normalized spacial score (nSPS) is 29.6. The van der Waals surface area contributed by atoms with Crippen LogP contribution in [0.25, 0.3) is 0 Å². The van der Waals surface area contributed by atoms with Gasteiger partial charge in [0, 0.05) is 11.8 Å². The second-order valence-electron chi connectivity index (χ2n) is 4.81. The highest BCUT2D eigenvalue weighted by molar-refractivity contribution is 5.98. The minimum Gasteiger partial charge on any atom is -0.294 e. The van der Waals surface area contributed by atoms with E-state index in [1.54, 1.807) is 0 Å². The fourth-order valence-corrected chi connectivity index (χ4v) is 2.72. The number of ketones is 1. The molecule has 0 spiro atoms. The lowest BCUT2D eigenvalue weighted by atomic mass is 9.83. The molecule has 86 valence electrons. The maximum atomic E-state index is 12.3. The van der Waals surface area contributed by atoms with E-state index in [1.165, 1.54) is 5.57 Å². The maximum absolute atomic E-state index is 12.3. The van der Waals surface area contributed by atoms with Crippen molar-refractivity contribution in [2.75, 3.05) is 0 Å². The van der Waals surface area contributed by atoms with Gasteiger partial charge in [0.1, 0.15) is 0 Å². The summed E-state index contributed by atoms with van der Waals surface area (Å²) in [5, 5.41) is 0. The largest absolute Gasteiger partial charge is 0.294 e. The molecule has 0 saturated heterocycles. The van der Waals surface area contributed by atoms with Gasteiger partial charge in [0.2, 0.25) is 0 Å². The van der Waals surface area contributed by atoms with Gasteiger partial charge in [-0.25, -0.2) is 0 Å². The molecule has 0 N–H and O–H groups in total. The van der Waals surface area contributed by atoms with Gasteiger partial charge in [-0.05, 0) is 45.1 Å².